The molecule has 0 bridgehead atoms. The quantitative estimate of drug-likeness (QED) is 0.899. The fourth-order valence-corrected chi connectivity index (χ4v) is 2.53. The lowest BCUT2D eigenvalue weighted by molar-refractivity contribution is 0.414. The maximum absolute atomic E-state index is 5.30. The summed E-state index contributed by atoms with van der Waals surface area (Å²) in [5, 5.41) is 3.48. The Hall–Kier alpha value is -2.29. The van der Waals surface area contributed by atoms with Gasteiger partial charge in [0.15, 0.2) is 0 Å². The minimum Gasteiger partial charge on any atom is -0.497 e. The predicted molar refractivity (Wildman–Crippen MR) is 82.8 cm³/mol. The first kappa shape index (κ1) is 12.7. The molecule has 20 heavy (non-hydrogen) atoms. The Morgan fingerprint density at radius 2 is 1.85 bits per heavy atom. The topological polar surface area (TPSA) is 33.6 Å². The van der Waals surface area contributed by atoms with Crippen molar-refractivity contribution < 1.29 is 4.74 Å². The van der Waals surface area contributed by atoms with Gasteiger partial charge < -0.3 is 10.1 Å². The van der Waals surface area contributed by atoms with Crippen molar-refractivity contribution in [2.24, 2.45) is 4.99 Å². The molecule has 0 fully saturated rings. The molecule has 2 aromatic rings. The third-order valence-corrected chi connectivity index (χ3v) is 3.70. The zero-order valence-corrected chi connectivity index (χ0v) is 12.0. The zero-order valence-electron chi connectivity index (χ0n) is 12.0. The predicted octanol–water partition coefficient (Wildman–Crippen LogP) is 3.68. The van der Waals surface area contributed by atoms with Gasteiger partial charge in [0.05, 0.1) is 13.7 Å². The number of nitrogens with zero attached hydrogens (tertiary/aromatic N) is 1. The van der Waals surface area contributed by atoms with Crippen LogP contribution in [0.3, 0.4) is 0 Å². The average molecular weight is 266 g/mol. The van der Waals surface area contributed by atoms with Gasteiger partial charge in [0.25, 0.3) is 0 Å². The smallest absolute Gasteiger partial charge is 0.133 e. The second-order valence-electron chi connectivity index (χ2n) is 5.08. The molecule has 0 unspecified atom stereocenters. The van der Waals surface area contributed by atoms with Crippen molar-refractivity contribution in [2.45, 2.75) is 20.4 Å². The van der Waals surface area contributed by atoms with Crippen LogP contribution in [0.5, 0.6) is 5.75 Å². The normalized spacial score (nSPS) is 12.8. The molecular formula is C17H18N2O. The molecule has 0 amide bonds. The van der Waals surface area contributed by atoms with E-state index in [1.807, 2.05) is 12.1 Å². The van der Waals surface area contributed by atoms with Crippen molar-refractivity contribution in [3.63, 3.8) is 0 Å². The molecule has 102 valence electrons. The van der Waals surface area contributed by atoms with Gasteiger partial charge in [-0.1, -0.05) is 24.3 Å². The van der Waals surface area contributed by atoms with Crippen LogP contribution >= 0.6 is 0 Å². The fourth-order valence-electron chi connectivity index (χ4n) is 2.53. The molecule has 2 aromatic carbocycles. The van der Waals surface area contributed by atoms with Gasteiger partial charge in [-0.15, -0.1) is 0 Å². The fraction of sp³-hybridized carbons (Fsp3) is 0.235. The Labute approximate surface area is 119 Å². The minimum atomic E-state index is 0.729. The van der Waals surface area contributed by atoms with Crippen LogP contribution in [0.15, 0.2) is 41.4 Å². The molecule has 3 nitrogen and oxygen atoms in total. The molecule has 3 heteroatoms. The lowest BCUT2D eigenvalue weighted by Crippen LogP contribution is -2.13. The van der Waals surface area contributed by atoms with Gasteiger partial charge >= 0.3 is 0 Å². The molecule has 0 spiro atoms. The number of amidine groups is 1. The molecule has 0 atom stereocenters. The Balaban J connectivity index is 1.95. The number of anilines is 1. The van der Waals surface area contributed by atoms with Gasteiger partial charge in [0.2, 0.25) is 0 Å². The number of nitrogens with one attached hydrogen (secondary N) is 1. The molecule has 0 radical (unpaired) electrons. The molecular weight excluding hydrogens is 248 g/mol. The van der Waals surface area contributed by atoms with Crippen LogP contribution in [0.4, 0.5) is 5.69 Å². The summed E-state index contributed by atoms with van der Waals surface area (Å²) in [7, 11) is 1.69. The SMILES string of the molecule is COc1ccc2c(c1)C(Nc1c(C)cccc1C)=NC2. The first-order valence-electron chi connectivity index (χ1n) is 6.74. The lowest BCUT2D eigenvalue weighted by Gasteiger charge is -2.13. The molecule has 1 aliphatic rings. The molecule has 1 N–H and O–H groups in total. The maximum Gasteiger partial charge on any atom is 0.133 e. The van der Waals surface area contributed by atoms with Crippen molar-refractivity contribution >= 4 is 11.5 Å². The van der Waals surface area contributed by atoms with Gasteiger partial charge in [0, 0.05) is 11.3 Å². The first-order valence-corrected chi connectivity index (χ1v) is 6.74. The summed E-state index contributed by atoms with van der Waals surface area (Å²) in [6.07, 6.45) is 0. The van der Waals surface area contributed by atoms with E-state index in [-0.39, 0.29) is 0 Å². The lowest BCUT2D eigenvalue weighted by atomic mass is 10.1. The average Bonchev–Trinajstić information content (AvgIpc) is 2.85. The van der Waals surface area contributed by atoms with Crippen LogP contribution in [0.25, 0.3) is 0 Å². The van der Waals surface area contributed by atoms with E-state index in [0.29, 0.717) is 0 Å². The van der Waals surface area contributed by atoms with Gasteiger partial charge in [-0.3, -0.25) is 4.99 Å². The van der Waals surface area contributed by atoms with E-state index in [0.717, 1.165) is 29.4 Å². The van der Waals surface area contributed by atoms with Crippen molar-refractivity contribution in [3.8, 4) is 5.75 Å². The van der Waals surface area contributed by atoms with Crippen molar-refractivity contribution in [3.05, 3.63) is 58.7 Å². The van der Waals surface area contributed by atoms with Gasteiger partial charge in [0.1, 0.15) is 11.6 Å². The number of benzene rings is 2. The Kier molecular flexibility index (Phi) is 3.18. The number of aliphatic imine (C=N–C) groups is 1. The van der Waals surface area contributed by atoms with E-state index < -0.39 is 0 Å². The van der Waals surface area contributed by atoms with Crippen molar-refractivity contribution in [1.82, 2.24) is 0 Å². The van der Waals surface area contributed by atoms with E-state index in [2.05, 4.69) is 48.4 Å². The van der Waals surface area contributed by atoms with Crippen LogP contribution in [-0.4, -0.2) is 12.9 Å². The van der Waals surface area contributed by atoms with Crippen LogP contribution < -0.4 is 10.1 Å². The monoisotopic (exact) mass is 266 g/mol. The summed E-state index contributed by atoms with van der Waals surface area (Å²) < 4.78 is 5.30. The molecule has 0 aromatic heterocycles. The third kappa shape index (κ3) is 2.16. The van der Waals surface area contributed by atoms with Crippen molar-refractivity contribution in [2.75, 3.05) is 12.4 Å². The summed E-state index contributed by atoms with van der Waals surface area (Å²) in [5.41, 5.74) is 5.96. The highest BCUT2D eigenvalue weighted by Gasteiger charge is 2.17. The first-order chi connectivity index (χ1) is 9.69. The number of methoxy groups -OCH3 is 1. The number of fused-ring (bicyclic) bond motifs is 1. The van der Waals surface area contributed by atoms with Crippen LogP contribution in [-0.2, 0) is 6.54 Å². The zero-order chi connectivity index (χ0) is 14.1. The highest BCUT2D eigenvalue weighted by Crippen LogP contribution is 2.27. The van der Waals surface area contributed by atoms with E-state index in [4.69, 9.17) is 4.74 Å². The number of ether oxygens (including phenoxy) is 1. The maximum atomic E-state index is 5.30. The number of hydrogen-bond donors (Lipinski definition) is 1. The van der Waals surface area contributed by atoms with E-state index in [1.54, 1.807) is 7.11 Å². The summed E-state index contributed by atoms with van der Waals surface area (Å²) in [6, 6.07) is 12.4. The number of rotatable bonds is 2. The van der Waals surface area contributed by atoms with Gasteiger partial charge in [-0.05, 0) is 42.7 Å². The van der Waals surface area contributed by atoms with E-state index in [9.17, 15) is 0 Å². The second kappa shape index (κ2) is 5.00. The summed E-state index contributed by atoms with van der Waals surface area (Å²) >= 11 is 0. The number of aryl methyl sites for hydroxylation is 2. The van der Waals surface area contributed by atoms with Crippen LogP contribution in [0, 0.1) is 13.8 Å². The molecule has 0 saturated carbocycles. The molecule has 3 rings (SSSR count). The third-order valence-electron chi connectivity index (χ3n) is 3.70. The summed E-state index contributed by atoms with van der Waals surface area (Å²) in [5.74, 6) is 1.79. The van der Waals surface area contributed by atoms with Gasteiger partial charge in [-0.25, -0.2) is 0 Å². The minimum absolute atomic E-state index is 0.729. The molecule has 1 aliphatic heterocycles. The highest BCUT2D eigenvalue weighted by molar-refractivity contribution is 6.11. The van der Waals surface area contributed by atoms with E-state index in [1.165, 1.54) is 16.7 Å². The summed E-state index contributed by atoms with van der Waals surface area (Å²) in [4.78, 5) is 4.61. The standard InChI is InChI=1S/C17H18N2O/c1-11-5-4-6-12(2)16(11)19-17-15-9-14(20-3)8-7-13(15)10-18-17/h4-9H,10H2,1-3H3,(H,18,19). The Morgan fingerprint density at radius 3 is 2.55 bits per heavy atom. The second-order valence-corrected chi connectivity index (χ2v) is 5.08. The van der Waals surface area contributed by atoms with Crippen LogP contribution in [0.1, 0.15) is 22.3 Å². The number of para-hydroxylation sites is 1. The van der Waals surface area contributed by atoms with Crippen LogP contribution in [0.2, 0.25) is 0 Å². The highest BCUT2D eigenvalue weighted by atomic mass is 16.5. The molecule has 1 heterocycles. The molecule has 0 saturated heterocycles. The molecule has 0 aliphatic carbocycles. The van der Waals surface area contributed by atoms with Gasteiger partial charge in [-0.2, -0.15) is 0 Å². The Bertz CT molecular complexity index is 669. The van der Waals surface area contributed by atoms with Crippen molar-refractivity contribution in [1.29, 1.82) is 0 Å². The summed E-state index contributed by atoms with van der Waals surface area (Å²) in [6.45, 7) is 4.95. The Morgan fingerprint density at radius 1 is 1.10 bits per heavy atom. The number of hydrogen-bond acceptors (Lipinski definition) is 3. The largest absolute Gasteiger partial charge is 0.497 e. The van der Waals surface area contributed by atoms with E-state index >= 15 is 0 Å².